The second kappa shape index (κ2) is 5.81. The van der Waals surface area contributed by atoms with Crippen LogP contribution >= 0.6 is 0 Å². The van der Waals surface area contributed by atoms with E-state index in [4.69, 9.17) is 0 Å². The summed E-state index contributed by atoms with van der Waals surface area (Å²) in [6.45, 7) is 0.808. The molecule has 1 aromatic rings. The van der Waals surface area contributed by atoms with Gasteiger partial charge < -0.3 is 4.79 Å². The van der Waals surface area contributed by atoms with Crippen molar-refractivity contribution in [3.8, 4) is 0 Å². The molecule has 1 atom stereocenters. The summed E-state index contributed by atoms with van der Waals surface area (Å²) in [5.41, 5.74) is -0.459. The topological polar surface area (TPSA) is 60.2 Å². The molecule has 0 aliphatic rings. The summed E-state index contributed by atoms with van der Waals surface area (Å²) in [4.78, 5) is 21.0. The van der Waals surface area contributed by atoms with Gasteiger partial charge in [-0.1, -0.05) is 12.1 Å². The van der Waals surface area contributed by atoms with E-state index in [1.54, 1.807) is 0 Å². The lowest BCUT2D eigenvalue weighted by molar-refractivity contribution is -0.483. The van der Waals surface area contributed by atoms with E-state index in [9.17, 15) is 28.1 Å². The van der Waals surface area contributed by atoms with Gasteiger partial charge in [0, 0.05) is 11.3 Å². The highest BCUT2D eigenvalue weighted by atomic mass is 19.4. The van der Waals surface area contributed by atoms with Gasteiger partial charge >= 0.3 is 6.18 Å². The zero-order valence-corrected chi connectivity index (χ0v) is 10.1. The summed E-state index contributed by atoms with van der Waals surface area (Å²) in [6, 6.07) is 4.09. The van der Waals surface area contributed by atoms with E-state index < -0.39 is 29.1 Å². The highest BCUT2D eigenvalue weighted by Crippen LogP contribution is 2.30. The Bertz CT molecular complexity index is 452. The Labute approximate surface area is 107 Å². The second-order valence-electron chi connectivity index (χ2n) is 4.24. The van der Waals surface area contributed by atoms with Gasteiger partial charge in [-0.05, 0) is 24.6 Å². The predicted molar refractivity (Wildman–Crippen MR) is 61.3 cm³/mol. The highest BCUT2D eigenvalue weighted by Gasteiger charge is 2.30. The molecule has 0 radical (unpaired) electrons. The number of halogens is 3. The van der Waals surface area contributed by atoms with Gasteiger partial charge in [-0.3, -0.25) is 10.1 Å². The molecule has 0 saturated carbocycles. The van der Waals surface area contributed by atoms with Crippen molar-refractivity contribution < 1.29 is 22.9 Å². The summed E-state index contributed by atoms with van der Waals surface area (Å²) < 4.78 is 37.1. The standard InChI is InChI=1S/C12H12F3NO3/c1-8(17)6-10(7-16(18)19)9-2-4-11(5-3-9)12(13,14)15/h2-5,10H,6-7H2,1H3/t10-/m1/s1. The van der Waals surface area contributed by atoms with Crippen LogP contribution in [0.3, 0.4) is 0 Å². The Morgan fingerprint density at radius 2 is 1.84 bits per heavy atom. The number of nitro groups is 1. The smallest absolute Gasteiger partial charge is 0.300 e. The van der Waals surface area contributed by atoms with Crippen LogP contribution in [0.1, 0.15) is 30.4 Å². The van der Waals surface area contributed by atoms with Crippen molar-refractivity contribution in [1.29, 1.82) is 0 Å². The lowest BCUT2D eigenvalue weighted by Gasteiger charge is -2.13. The number of nitrogens with zero attached hydrogens (tertiary/aromatic N) is 1. The largest absolute Gasteiger partial charge is 0.416 e. The summed E-state index contributed by atoms with van der Waals surface area (Å²) in [5.74, 6) is -0.943. The minimum absolute atomic E-state index is 0.0632. The normalized spacial score (nSPS) is 13.1. The molecule has 0 aliphatic heterocycles. The Balaban J connectivity index is 2.96. The zero-order chi connectivity index (χ0) is 14.6. The van der Waals surface area contributed by atoms with Crippen molar-refractivity contribution in [2.75, 3.05) is 6.54 Å². The van der Waals surface area contributed by atoms with Crippen LogP contribution < -0.4 is 0 Å². The van der Waals surface area contributed by atoms with E-state index in [0.29, 0.717) is 5.56 Å². The van der Waals surface area contributed by atoms with Crippen LogP contribution in [0.2, 0.25) is 0 Å². The summed E-state index contributed by atoms with van der Waals surface area (Å²) in [7, 11) is 0. The van der Waals surface area contributed by atoms with Gasteiger partial charge in [-0.25, -0.2) is 0 Å². The molecule has 0 unspecified atom stereocenters. The first-order valence-corrected chi connectivity index (χ1v) is 5.48. The van der Waals surface area contributed by atoms with E-state index in [1.165, 1.54) is 19.1 Å². The first kappa shape index (κ1) is 15.1. The zero-order valence-electron chi connectivity index (χ0n) is 10.1. The Kier molecular flexibility index (Phi) is 4.63. The van der Waals surface area contributed by atoms with E-state index in [0.717, 1.165) is 12.1 Å². The Morgan fingerprint density at radius 3 is 2.21 bits per heavy atom. The number of Topliss-reactive ketones (excluding diaryl/α,β-unsaturated/α-hetero) is 1. The summed E-state index contributed by atoms with van der Waals surface area (Å²) >= 11 is 0. The minimum atomic E-state index is -4.45. The van der Waals surface area contributed by atoms with Crippen molar-refractivity contribution in [2.24, 2.45) is 0 Å². The molecule has 0 N–H and O–H groups in total. The second-order valence-corrected chi connectivity index (χ2v) is 4.24. The number of carbonyl (C=O) groups excluding carboxylic acids is 1. The van der Waals surface area contributed by atoms with Crippen molar-refractivity contribution in [3.05, 3.63) is 45.5 Å². The molecule has 4 nitrogen and oxygen atoms in total. The number of carbonyl (C=O) groups is 1. The van der Waals surface area contributed by atoms with E-state index >= 15 is 0 Å². The highest BCUT2D eigenvalue weighted by molar-refractivity contribution is 5.76. The Hall–Kier alpha value is -1.92. The average molecular weight is 275 g/mol. The lowest BCUT2D eigenvalue weighted by atomic mass is 9.93. The maximum atomic E-state index is 12.4. The van der Waals surface area contributed by atoms with Gasteiger partial charge in [0.2, 0.25) is 6.54 Å². The molecule has 0 aliphatic carbocycles. The first-order valence-electron chi connectivity index (χ1n) is 5.48. The van der Waals surface area contributed by atoms with Crippen LogP contribution in [0, 0.1) is 10.1 Å². The maximum absolute atomic E-state index is 12.4. The molecule has 0 aromatic heterocycles. The predicted octanol–water partition coefficient (Wildman–Crippen LogP) is 3.04. The quantitative estimate of drug-likeness (QED) is 0.613. The maximum Gasteiger partial charge on any atom is 0.416 e. The SMILES string of the molecule is CC(=O)C[C@H](C[N+](=O)[O-])c1ccc(C(F)(F)F)cc1. The molecule has 0 amide bonds. The molecule has 1 aromatic carbocycles. The molecule has 7 heteroatoms. The number of rotatable bonds is 5. The molecular weight excluding hydrogens is 263 g/mol. The molecular formula is C12H12F3NO3. The van der Waals surface area contributed by atoms with Gasteiger partial charge in [0.05, 0.1) is 11.5 Å². The fraction of sp³-hybridized carbons (Fsp3) is 0.417. The number of hydrogen-bond acceptors (Lipinski definition) is 3. The van der Waals surface area contributed by atoms with E-state index in [1.807, 2.05) is 0 Å². The summed E-state index contributed by atoms with van der Waals surface area (Å²) in [6.07, 6.45) is -4.51. The third kappa shape index (κ3) is 4.69. The number of ketones is 1. The van der Waals surface area contributed by atoms with E-state index in [-0.39, 0.29) is 12.2 Å². The minimum Gasteiger partial charge on any atom is -0.300 e. The van der Waals surface area contributed by atoms with Gasteiger partial charge in [0.1, 0.15) is 5.78 Å². The fourth-order valence-electron chi connectivity index (χ4n) is 1.76. The van der Waals surface area contributed by atoms with Crippen molar-refractivity contribution in [2.45, 2.75) is 25.4 Å². The van der Waals surface area contributed by atoms with Gasteiger partial charge in [-0.2, -0.15) is 13.2 Å². The van der Waals surface area contributed by atoms with Gasteiger partial charge in [0.15, 0.2) is 0 Å². The third-order valence-corrected chi connectivity index (χ3v) is 2.61. The third-order valence-electron chi connectivity index (χ3n) is 2.61. The molecule has 19 heavy (non-hydrogen) atoms. The summed E-state index contributed by atoms with van der Waals surface area (Å²) in [5, 5.41) is 10.5. The Morgan fingerprint density at radius 1 is 1.32 bits per heavy atom. The lowest BCUT2D eigenvalue weighted by Crippen LogP contribution is -2.15. The monoisotopic (exact) mass is 275 g/mol. The van der Waals surface area contributed by atoms with Crippen LogP contribution in [0.15, 0.2) is 24.3 Å². The van der Waals surface area contributed by atoms with Crippen molar-refractivity contribution in [1.82, 2.24) is 0 Å². The van der Waals surface area contributed by atoms with Crippen LogP contribution in [-0.4, -0.2) is 17.3 Å². The molecule has 0 spiro atoms. The van der Waals surface area contributed by atoms with Gasteiger partial charge in [-0.15, -0.1) is 0 Å². The van der Waals surface area contributed by atoms with Crippen LogP contribution in [-0.2, 0) is 11.0 Å². The molecule has 0 fully saturated rings. The molecule has 0 bridgehead atoms. The average Bonchev–Trinajstić information content (AvgIpc) is 2.26. The number of alkyl halides is 3. The number of benzene rings is 1. The number of hydrogen-bond donors (Lipinski definition) is 0. The molecule has 0 heterocycles. The molecule has 1 rings (SSSR count). The fourth-order valence-corrected chi connectivity index (χ4v) is 1.76. The van der Waals surface area contributed by atoms with E-state index in [2.05, 4.69) is 0 Å². The first-order chi connectivity index (χ1) is 8.70. The molecule has 0 saturated heterocycles. The molecule has 104 valence electrons. The van der Waals surface area contributed by atoms with Crippen LogP contribution in [0.25, 0.3) is 0 Å². The van der Waals surface area contributed by atoms with Crippen molar-refractivity contribution in [3.63, 3.8) is 0 Å². The van der Waals surface area contributed by atoms with Crippen LogP contribution in [0.5, 0.6) is 0 Å². The van der Waals surface area contributed by atoms with Gasteiger partial charge in [0.25, 0.3) is 0 Å². The van der Waals surface area contributed by atoms with Crippen molar-refractivity contribution >= 4 is 5.78 Å². The van der Waals surface area contributed by atoms with Crippen LogP contribution in [0.4, 0.5) is 13.2 Å².